The Kier molecular flexibility index (Phi) is 8.51. The molecule has 0 saturated carbocycles. The Morgan fingerprint density at radius 3 is 2.67 bits per heavy atom. The van der Waals surface area contributed by atoms with E-state index in [1.54, 1.807) is 43.3 Å². The number of amides is 2. The van der Waals surface area contributed by atoms with Crippen LogP contribution in [0.2, 0.25) is 5.02 Å². The largest absolute Gasteiger partial charge is 0.458 e. The van der Waals surface area contributed by atoms with Crippen molar-refractivity contribution in [1.29, 1.82) is 0 Å². The van der Waals surface area contributed by atoms with Crippen molar-refractivity contribution in [2.45, 2.75) is 45.0 Å². The zero-order valence-corrected chi connectivity index (χ0v) is 22.6. The molecule has 2 atom stereocenters. The number of carbonyl (C=O) groups is 2. The fourth-order valence-corrected chi connectivity index (χ4v) is 4.74. The number of hydrogen-bond donors (Lipinski definition) is 1. The van der Waals surface area contributed by atoms with Gasteiger partial charge in [0, 0.05) is 24.7 Å². The second-order valence-electron chi connectivity index (χ2n) is 9.50. The van der Waals surface area contributed by atoms with Gasteiger partial charge in [-0.05, 0) is 66.4 Å². The number of hydrogen-bond acceptors (Lipinski definition) is 7. The van der Waals surface area contributed by atoms with Crippen molar-refractivity contribution in [2.75, 3.05) is 13.2 Å². The third-order valence-electron chi connectivity index (χ3n) is 6.58. The number of aromatic nitrogens is 4. The van der Waals surface area contributed by atoms with Crippen LogP contribution in [0.25, 0.3) is 11.6 Å². The molecular weight excluding hydrogens is 539 g/mol. The fraction of sp³-hybridized carbons (Fsp3) is 0.321. The van der Waals surface area contributed by atoms with Crippen LogP contribution in [0.4, 0.5) is 4.39 Å². The Morgan fingerprint density at radius 2 is 1.98 bits per heavy atom. The molecule has 1 aliphatic rings. The van der Waals surface area contributed by atoms with E-state index in [1.807, 2.05) is 0 Å². The van der Waals surface area contributed by atoms with Gasteiger partial charge in [-0.1, -0.05) is 41.9 Å². The number of furan rings is 1. The molecule has 40 heavy (non-hydrogen) atoms. The molecule has 10 nitrogen and oxygen atoms in total. The van der Waals surface area contributed by atoms with E-state index in [-0.39, 0.29) is 25.0 Å². The first-order chi connectivity index (χ1) is 19.4. The maximum atomic E-state index is 13.9. The smallest absolute Gasteiger partial charge is 0.247 e. The topological polar surface area (TPSA) is 115 Å². The standard InChI is InChI=1S/C28H28ClFN6O4/c1-18-8-13-24(40-18)27-32-34-36(33-27)17-25(37)35(16-20-5-2-3-7-23(20)29)26(19-9-11-21(30)12-10-19)28(38)31-15-22-6-4-14-39-22/h2-3,5,7-13,22,26H,4,6,14-17H2,1H3,(H,31,38)/t22-,26+/m1/s1. The zero-order valence-electron chi connectivity index (χ0n) is 21.8. The summed E-state index contributed by atoms with van der Waals surface area (Å²) in [5.41, 5.74) is 1.07. The number of nitrogens with one attached hydrogen (secondary N) is 1. The van der Waals surface area contributed by atoms with Gasteiger partial charge in [0.15, 0.2) is 5.76 Å². The van der Waals surface area contributed by atoms with Crippen LogP contribution in [-0.4, -0.2) is 56.2 Å². The molecule has 12 heteroatoms. The third-order valence-corrected chi connectivity index (χ3v) is 6.95. The van der Waals surface area contributed by atoms with E-state index >= 15 is 0 Å². The van der Waals surface area contributed by atoms with Crippen LogP contribution in [-0.2, 0) is 27.4 Å². The average Bonchev–Trinajstić information content (AvgIpc) is 3.72. The van der Waals surface area contributed by atoms with Gasteiger partial charge in [-0.15, -0.1) is 10.2 Å². The lowest BCUT2D eigenvalue weighted by Crippen LogP contribution is -2.46. The molecular formula is C28H28ClFN6O4. The first-order valence-electron chi connectivity index (χ1n) is 12.9. The second-order valence-corrected chi connectivity index (χ2v) is 9.91. The van der Waals surface area contributed by atoms with Gasteiger partial charge in [-0.25, -0.2) is 4.39 Å². The van der Waals surface area contributed by atoms with Gasteiger partial charge in [-0.3, -0.25) is 9.59 Å². The lowest BCUT2D eigenvalue weighted by molar-refractivity contribution is -0.142. The maximum absolute atomic E-state index is 13.9. The van der Waals surface area contributed by atoms with Crippen LogP contribution in [0.5, 0.6) is 0 Å². The molecule has 1 N–H and O–H groups in total. The van der Waals surface area contributed by atoms with E-state index in [0.29, 0.717) is 40.8 Å². The highest BCUT2D eigenvalue weighted by atomic mass is 35.5. The summed E-state index contributed by atoms with van der Waals surface area (Å²) in [6, 6.07) is 14.9. The Bertz CT molecular complexity index is 1470. The van der Waals surface area contributed by atoms with Crippen molar-refractivity contribution in [2.24, 2.45) is 0 Å². The van der Waals surface area contributed by atoms with Crippen LogP contribution in [0, 0.1) is 12.7 Å². The van der Waals surface area contributed by atoms with Crippen molar-refractivity contribution in [1.82, 2.24) is 30.4 Å². The average molecular weight is 567 g/mol. The van der Waals surface area contributed by atoms with Gasteiger partial charge in [0.05, 0.1) is 6.10 Å². The van der Waals surface area contributed by atoms with E-state index in [2.05, 4.69) is 20.7 Å². The summed E-state index contributed by atoms with van der Waals surface area (Å²) >= 11 is 6.45. The van der Waals surface area contributed by atoms with Crippen molar-refractivity contribution >= 4 is 23.4 Å². The van der Waals surface area contributed by atoms with Crippen LogP contribution in [0.3, 0.4) is 0 Å². The molecule has 0 spiro atoms. The first kappa shape index (κ1) is 27.5. The highest BCUT2D eigenvalue weighted by Crippen LogP contribution is 2.27. The molecule has 1 aliphatic heterocycles. The molecule has 4 aromatic rings. The molecule has 0 radical (unpaired) electrons. The highest BCUT2D eigenvalue weighted by molar-refractivity contribution is 6.31. The predicted molar refractivity (Wildman–Crippen MR) is 143 cm³/mol. The summed E-state index contributed by atoms with van der Waals surface area (Å²) in [6.45, 7) is 2.43. The normalized spacial score (nSPS) is 15.6. The Balaban J connectivity index is 1.46. The molecule has 5 rings (SSSR count). The number of nitrogens with zero attached hydrogens (tertiary/aromatic N) is 5. The van der Waals surface area contributed by atoms with Gasteiger partial charge in [0.1, 0.15) is 24.2 Å². The molecule has 1 saturated heterocycles. The summed E-state index contributed by atoms with van der Waals surface area (Å²) in [4.78, 5) is 30.1. The van der Waals surface area contributed by atoms with Crippen molar-refractivity contribution < 1.29 is 23.1 Å². The van der Waals surface area contributed by atoms with E-state index in [0.717, 1.165) is 17.6 Å². The summed E-state index contributed by atoms with van der Waals surface area (Å²) in [5.74, 6) is -0.0325. The van der Waals surface area contributed by atoms with Crippen molar-refractivity contribution in [3.63, 3.8) is 0 Å². The predicted octanol–water partition coefficient (Wildman–Crippen LogP) is 4.10. The van der Waals surface area contributed by atoms with Crippen LogP contribution in [0.15, 0.2) is 65.1 Å². The number of ether oxygens (including phenoxy) is 1. The number of carbonyl (C=O) groups excluding carboxylic acids is 2. The Labute approximate surface area is 235 Å². The minimum absolute atomic E-state index is 0.00678. The van der Waals surface area contributed by atoms with E-state index in [9.17, 15) is 14.0 Å². The van der Waals surface area contributed by atoms with Gasteiger partial charge in [0.25, 0.3) is 0 Å². The Morgan fingerprint density at radius 1 is 1.18 bits per heavy atom. The number of halogens is 2. The number of rotatable bonds is 10. The van der Waals surface area contributed by atoms with Gasteiger partial charge in [0.2, 0.25) is 17.6 Å². The summed E-state index contributed by atoms with van der Waals surface area (Å²) in [5, 5.41) is 15.6. The quantitative estimate of drug-likeness (QED) is 0.307. The fourth-order valence-electron chi connectivity index (χ4n) is 4.54. The summed E-state index contributed by atoms with van der Waals surface area (Å²) in [7, 11) is 0. The molecule has 2 amide bonds. The zero-order chi connectivity index (χ0) is 28.1. The first-order valence-corrected chi connectivity index (χ1v) is 13.3. The van der Waals surface area contributed by atoms with Gasteiger partial charge in [-0.2, -0.15) is 4.80 Å². The van der Waals surface area contributed by atoms with Crippen molar-refractivity contribution in [3.8, 4) is 11.6 Å². The van der Waals surface area contributed by atoms with Gasteiger partial charge < -0.3 is 19.4 Å². The number of aryl methyl sites for hydroxylation is 1. The van der Waals surface area contributed by atoms with Gasteiger partial charge >= 0.3 is 0 Å². The lowest BCUT2D eigenvalue weighted by Gasteiger charge is -2.32. The third kappa shape index (κ3) is 6.54. The summed E-state index contributed by atoms with van der Waals surface area (Å²) in [6.07, 6.45) is 1.65. The minimum Gasteiger partial charge on any atom is -0.458 e. The minimum atomic E-state index is -1.10. The monoisotopic (exact) mass is 566 g/mol. The number of benzene rings is 2. The Hall–Kier alpha value is -4.09. The van der Waals surface area contributed by atoms with Crippen molar-refractivity contribution in [3.05, 3.63) is 88.4 Å². The molecule has 0 aliphatic carbocycles. The molecule has 1 fully saturated rings. The van der Waals surface area contributed by atoms with Crippen LogP contribution in [0.1, 0.15) is 35.8 Å². The van der Waals surface area contributed by atoms with E-state index in [1.165, 1.54) is 29.2 Å². The SMILES string of the molecule is Cc1ccc(-c2nnn(CC(=O)N(Cc3ccccc3Cl)[C@H](C(=O)NC[C@H]3CCCO3)c3ccc(F)cc3)n2)o1. The molecule has 2 aromatic carbocycles. The highest BCUT2D eigenvalue weighted by Gasteiger charge is 2.33. The second kappa shape index (κ2) is 12.4. The molecule has 208 valence electrons. The molecule has 0 bridgehead atoms. The maximum Gasteiger partial charge on any atom is 0.247 e. The van der Waals surface area contributed by atoms with E-state index in [4.69, 9.17) is 20.8 Å². The summed E-state index contributed by atoms with van der Waals surface area (Å²) < 4.78 is 25.0. The van der Waals surface area contributed by atoms with Crippen LogP contribution < -0.4 is 5.32 Å². The van der Waals surface area contributed by atoms with E-state index < -0.39 is 23.7 Å². The molecule has 2 aromatic heterocycles. The lowest BCUT2D eigenvalue weighted by atomic mass is 10.0. The molecule has 0 unspecified atom stereocenters. The van der Waals surface area contributed by atoms with Crippen LogP contribution >= 0.6 is 11.6 Å². The number of tetrazole rings is 1. The molecule has 3 heterocycles.